The molecule has 4 heterocycles. The van der Waals surface area contributed by atoms with Crippen LogP contribution in [0.1, 0.15) is 101 Å². The summed E-state index contributed by atoms with van der Waals surface area (Å²) in [5.41, 5.74) is 4.89. The summed E-state index contributed by atoms with van der Waals surface area (Å²) in [7, 11) is 0. The zero-order valence-corrected chi connectivity index (χ0v) is 31.4. The predicted octanol–water partition coefficient (Wildman–Crippen LogP) is 15.4. The number of benzene rings is 4. The van der Waals surface area contributed by atoms with Crippen LogP contribution in [0.3, 0.4) is 0 Å². The van der Waals surface area contributed by atoms with Crippen LogP contribution in [0.15, 0.2) is 84.9 Å². The lowest BCUT2D eigenvalue weighted by Crippen LogP contribution is -1.82. The van der Waals surface area contributed by atoms with Crippen LogP contribution in [-0.4, -0.2) is 9.97 Å². The topological polar surface area (TPSA) is 31.6 Å². The van der Waals surface area contributed by atoms with Gasteiger partial charge in [0.2, 0.25) is 0 Å². The van der Waals surface area contributed by atoms with E-state index in [1.54, 1.807) is 0 Å². The molecule has 8 aromatic rings. The van der Waals surface area contributed by atoms with Gasteiger partial charge in [0.05, 0.1) is 21.1 Å². The lowest BCUT2D eigenvalue weighted by Gasteiger charge is -2.09. The molecular formula is C46H50N2S2. The van der Waals surface area contributed by atoms with Crippen LogP contribution in [0.25, 0.3) is 75.3 Å². The summed E-state index contributed by atoms with van der Waals surface area (Å²) in [6, 6.07) is 32.6. The fourth-order valence-electron chi connectivity index (χ4n) is 8.00. The average molecular weight is 695 g/mol. The molecule has 2 N–H and O–H groups in total. The molecule has 4 heteroatoms. The van der Waals surface area contributed by atoms with Gasteiger partial charge in [-0.2, -0.15) is 0 Å². The lowest BCUT2D eigenvalue weighted by molar-refractivity contribution is 0.609. The van der Waals surface area contributed by atoms with Gasteiger partial charge in [-0.05, 0) is 107 Å². The van der Waals surface area contributed by atoms with Crippen molar-refractivity contribution in [2.45, 2.75) is 104 Å². The fourth-order valence-corrected chi connectivity index (χ4v) is 10.0. The van der Waals surface area contributed by atoms with Crippen molar-refractivity contribution < 1.29 is 0 Å². The summed E-state index contributed by atoms with van der Waals surface area (Å²) in [6.45, 7) is 4.58. The highest BCUT2D eigenvalue weighted by molar-refractivity contribution is 7.15. The number of hydrogen-bond donors (Lipinski definition) is 2. The first-order chi connectivity index (χ1) is 24.7. The highest BCUT2D eigenvalue weighted by Gasteiger charge is 2.14. The van der Waals surface area contributed by atoms with Crippen LogP contribution >= 0.6 is 22.7 Å². The smallest absolute Gasteiger partial charge is 0.0566 e. The van der Waals surface area contributed by atoms with Gasteiger partial charge in [-0.3, -0.25) is 0 Å². The molecule has 0 aliphatic heterocycles. The molecule has 2 nitrogen and oxygen atoms in total. The summed E-state index contributed by atoms with van der Waals surface area (Å²) in [5, 5.41) is 10.5. The van der Waals surface area contributed by atoms with Crippen molar-refractivity contribution in [2.24, 2.45) is 0 Å². The highest BCUT2D eigenvalue weighted by Crippen LogP contribution is 2.40. The number of thiophene rings is 2. The molecule has 0 aliphatic carbocycles. The molecule has 4 aromatic heterocycles. The minimum absolute atomic E-state index is 1.20. The molecular weight excluding hydrogens is 645 g/mol. The standard InChI is InChI=1S/C46H50N2S2/c1-3-5-7-9-11-13-15-31-17-27-45(49-31)43-29-39-37-21-19-34-33(35(37)23-25-41(39)47-43)20-22-38-36(34)24-26-42-40(38)30-44(48-42)46-28-18-32(50-46)16-14-12-10-8-6-4-2/h17-30,47-48H,3-16H2,1-2H3. The van der Waals surface area contributed by atoms with Crippen molar-refractivity contribution in [3.8, 4) is 21.1 Å². The van der Waals surface area contributed by atoms with Crippen molar-refractivity contribution >= 4 is 76.8 Å². The zero-order chi connectivity index (χ0) is 33.9. The van der Waals surface area contributed by atoms with Gasteiger partial charge < -0.3 is 9.97 Å². The molecule has 256 valence electrons. The third kappa shape index (κ3) is 6.77. The first-order valence-corrected chi connectivity index (χ1v) is 20.9. The van der Waals surface area contributed by atoms with E-state index in [9.17, 15) is 0 Å². The zero-order valence-electron chi connectivity index (χ0n) is 29.8. The maximum atomic E-state index is 3.75. The Kier molecular flexibility index (Phi) is 10.1. The fraction of sp³-hybridized carbons (Fsp3) is 0.348. The van der Waals surface area contributed by atoms with E-state index in [4.69, 9.17) is 0 Å². The molecule has 8 rings (SSSR count). The maximum absolute atomic E-state index is 3.75. The molecule has 0 saturated heterocycles. The van der Waals surface area contributed by atoms with Crippen molar-refractivity contribution in [2.75, 3.05) is 0 Å². The van der Waals surface area contributed by atoms with Crippen LogP contribution in [0.4, 0.5) is 0 Å². The molecule has 50 heavy (non-hydrogen) atoms. The molecule has 0 spiro atoms. The third-order valence-corrected chi connectivity index (χ3v) is 13.2. The Morgan fingerprint density at radius 2 is 0.740 bits per heavy atom. The summed E-state index contributed by atoms with van der Waals surface area (Å²) in [6.07, 6.45) is 18.6. The first kappa shape index (κ1) is 33.3. The summed E-state index contributed by atoms with van der Waals surface area (Å²) < 4.78 is 0. The number of aromatic nitrogens is 2. The SMILES string of the molecule is CCCCCCCCc1ccc(-c2cc3c(ccc4c3ccc3c5ccc6[nH]c(-c7ccc(CCCCCCCC)s7)cc6c5ccc43)[nH]2)s1. The summed E-state index contributed by atoms with van der Waals surface area (Å²) in [5.74, 6) is 0. The maximum Gasteiger partial charge on any atom is 0.0566 e. The summed E-state index contributed by atoms with van der Waals surface area (Å²) in [4.78, 5) is 13.2. The molecule has 0 unspecified atom stereocenters. The summed E-state index contributed by atoms with van der Waals surface area (Å²) >= 11 is 3.91. The van der Waals surface area contributed by atoms with Crippen molar-refractivity contribution in [3.05, 3.63) is 94.7 Å². The van der Waals surface area contributed by atoms with Crippen LogP contribution < -0.4 is 0 Å². The average Bonchev–Trinajstić information content (AvgIpc) is 3.96. The van der Waals surface area contributed by atoms with E-state index in [1.165, 1.54) is 175 Å². The Labute approximate surface area is 304 Å². The highest BCUT2D eigenvalue weighted by atomic mass is 32.1. The van der Waals surface area contributed by atoms with E-state index in [1.807, 2.05) is 22.7 Å². The molecule has 0 aliphatic rings. The first-order valence-electron chi connectivity index (χ1n) is 19.3. The second-order valence-electron chi connectivity index (χ2n) is 14.4. The Bertz CT molecular complexity index is 2210. The van der Waals surface area contributed by atoms with Gasteiger partial charge in [-0.15, -0.1) is 22.7 Å². The lowest BCUT2D eigenvalue weighted by atomic mass is 9.94. The molecule has 0 radical (unpaired) electrons. The predicted molar refractivity (Wildman–Crippen MR) is 223 cm³/mol. The van der Waals surface area contributed by atoms with Gasteiger partial charge in [0.15, 0.2) is 0 Å². The molecule has 0 atom stereocenters. The molecule has 0 fully saturated rings. The monoisotopic (exact) mass is 694 g/mol. The van der Waals surface area contributed by atoms with Gasteiger partial charge in [-0.25, -0.2) is 0 Å². The largest absolute Gasteiger partial charge is 0.354 e. The van der Waals surface area contributed by atoms with Gasteiger partial charge in [0.25, 0.3) is 0 Å². The quantitative estimate of drug-likeness (QED) is 0.0745. The minimum Gasteiger partial charge on any atom is -0.354 e. The Hall–Kier alpha value is -3.86. The number of H-pyrrole nitrogens is 2. The van der Waals surface area contributed by atoms with Gasteiger partial charge in [0, 0.05) is 31.6 Å². The second kappa shape index (κ2) is 15.2. The molecule has 0 saturated carbocycles. The molecule has 0 bridgehead atoms. The number of unbranched alkanes of at least 4 members (excludes halogenated alkanes) is 10. The number of aryl methyl sites for hydroxylation is 2. The van der Waals surface area contributed by atoms with Gasteiger partial charge in [0.1, 0.15) is 0 Å². The number of rotatable bonds is 16. The van der Waals surface area contributed by atoms with Crippen LogP contribution in [-0.2, 0) is 12.8 Å². The van der Waals surface area contributed by atoms with E-state index < -0.39 is 0 Å². The Morgan fingerprint density at radius 3 is 1.16 bits per heavy atom. The normalized spacial score (nSPS) is 12.1. The number of nitrogens with one attached hydrogen (secondary N) is 2. The molecule has 4 aromatic carbocycles. The number of aromatic amines is 2. The minimum atomic E-state index is 1.20. The Balaban J connectivity index is 1.04. The van der Waals surface area contributed by atoms with E-state index in [2.05, 4.69) is 109 Å². The van der Waals surface area contributed by atoms with E-state index in [0.717, 1.165) is 0 Å². The van der Waals surface area contributed by atoms with Crippen molar-refractivity contribution in [1.29, 1.82) is 0 Å². The number of fused-ring (bicyclic) bond motifs is 9. The van der Waals surface area contributed by atoms with Crippen LogP contribution in [0.2, 0.25) is 0 Å². The van der Waals surface area contributed by atoms with E-state index >= 15 is 0 Å². The van der Waals surface area contributed by atoms with E-state index in [-0.39, 0.29) is 0 Å². The van der Waals surface area contributed by atoms with Crippen LogP contribution in [0, 0.1) is 0 Å². The third-order valence-electron chi connectivity index (χ3n) is 10.8. The van der Waals surface area contributed by atoms with Crippen molar-refractivity contribution in [1.82, 2.24) is 9.97 Å². The van der Waals surface area contributed by atoms with Gasteiger partial charge >= 0.3 is 0 Å². The van der Waals surface area contributed by atoms with Crippen LogP contribution in [0.5, 0.6) is 0 Å². The van der Waals surface area contributed by atoms with E-state index in [0.29, 0.717) is 0 Å². The second-order valence-corrected chi connectivity index (χ2v) is 16.7. The number of hydrogen-bond acceptors (Lipinski definition) is 2. The van der Waals surface area contributed by atoms with Gasteiger partial charge in [-0.1, -0.05) is 114 Å². The van der Waals surface area contributed by atoms with Crippen molar-refractivity contribution in [3.63, 3.8) is 0 Å². The molecule has 0 amide bonds. The Morgan fingerprint density at radius 1 is 0.380 bits per heavy atom.